The van der Waals surface area contributed by atoms with Crippen molar-refractivity contribution in [1.82, 2.24) is 10.2 Å². The number of anilines is 2. The van der Waals surface area contributed by atoms with Crippen molar-refractivity contribution in [3.05, 3.63) is 24.0 Å². The molecule has 1 aromatic carbocycles. The Balaban J connectivity index is 1.58. The van der Waals surface area contributed by atoms with Crippen LogP contribution in [0.15, 0.2) is 18.2 Å². The maximum absolute atomic E-state index is 14.7. The van der Waals surface area contributed by atoms with Crippen LogP contribution in [0.2, 0.25) is 0 Å². The molecule has 2 aliphatic rings. The second-order valence-corrected chi connectivity index (χ2v) is 8.27. The number of carbonyl (C=O) groups is 3. The molecule has 2 N–H and O–H groups in total. The molecular formula is C20H27FN4O4. The van der Waals surface area contributed by atoms with Gasteiger partial charge in [-0.15, -0.1) is 0 Å². The monoisotopic (exact) mass is 406 g/mol. The van der Waals surface area contributed by atoms with Crippen molar-refractivity contribution in [3.63, 3.8) is 0 Å². The van der Waals surface area contributed by atoms with E-state index >= 15 is 0 Å². The molecule has 158 valence electrons. The molecule has 0 unspecified atom stereocenters. The van der Waals surface area contributed by atoms with Gasteiger partial charge in [-0.3, -0.25) is 14.9 Å². The number of ether oxygens (including phenoxy) is 1. The first-order valence-electron chi connectivity index (χ1n) is 9.75. The van der Waals surface area contributed by atoms with E-state index in [1.165, 1.54) is 6.07 Å². The molecule has 2 aliphatic heterocycles. The van der Waals surface area contributed by atoms with Crippen LogP contribution in [0.4, 0.5) is 20.6 Å². The number of piperazine rings is 1. The number of halogens is 1. The lowest BCUT2D eigenvalue weighted by molar-refractivity contribution is -0.133. The van der Waals surface area contributed by atoms with E-state index in [1.54, 1.807) is 17.0 Å². The second-order valence-electron chi connectivity index (χ2n) is 8.27. The van der Waals surface area contributed by atoms with Crippen molar-refractivity contribution in [2.75, 3.05) is 36.4 Å². The lowest BCUT2D eigenvalue weighted by atomic mass is 10.1. The largest absolute Gasteiger partial charge is 0.444 e. The fourth-order valence-corrected chi connectivity index (χ4v) is 3.34. The van der Waals surface area contributed by atoms with E-state index in [0.717, 1.165) is 0 Å². The fourth-order valence-electron chi connectivity index (χ4n) is 3.34. The zero-order valence-electron chi connectivity index (χ0n) is 17.0. The molecule has 3 amide bonds. The van der Waals surface area contributed by atoms with Gasteiger partial charge in [0.15, 0.2) is 0 Å². The van der Waals surface area contributed by atoms with Gasteiger partial charge in [0.25, 0.3) is 0 Å². The van der Waals surface area contributed by atoms with E-state index in [-0.39, 0.29) is 18.4 Å². The van der Waals surface area contributed by atoms with Crippen molar-refractivity contribution in [2.24, 2.45) is 0 Å². The smallest absolute Gasteiger partial charge is 0.410 e. The molecule has 0 radical (unpaired) electrons. The highest BCUT2D eigenvalue weighted by Gasteiger charge is 2.28. The minimum atomic E-state index is -0.560. The van der Waals surface area contributed by atoms with Crippen LogP contribution in [0, 0.1) is 5.82 Å². The Kier molecular flexibility index (Phi) is 5.95. The topological polar surface area (TPSA) is 91.0 Å². The highest BCUT2D eigenvalue weighted by Crippen LogP contribution is 2.25. The third-order valence-electron chi connectivity index (χ3n) is 4.80. The Morgan fingerprint density at radius 2 is 1.90 bits per heavy atom. The Morgan fingerprint density at radius 3 is 2.48 bits per heavy atom. The standard InChI is InChI=1S/C20H27FN4O4/c1-20(2,3)29-19(28)25-10-8-24(9-11-25)16-6-4-13(12-14(16)21)22-15-5-7-17(26)23-18(15)27/h4,6,12,15,22H,5,7-11H2,1-3H3,(H,23,26,27)/t15-/m1/s1. The van der Waals surface area contributed by atoms with Crippen LogP contribution in [0.25, 0.3) is 0 Å². The zero-order valence-corrected chi connectivity index (χ0v) is 17.0. The van der Waals surface area contributed by atoms with Crippen LogP contribution >= 0.6 is 0 Å². The lowest BCUT2D eigenvalue weighted by Gasteiger charge is -2.37. The van der Waals surface area contributed by atoms with Crippen LogP contribution in [-0.4, -0.2) is 60.6 Å². The summed E-state index contributed by atoms with van der Waals surface area (Å²) in [6.07, 6.45) is 0.272. The van der Waals surface area contributed by atoms with Crippen LogP contribution in [0.5, 0.6) is 0 Å². The molecule has 0 spiro atoms. The van der Waals surface area contributed by atoms with Gasteiger partial charge in [-0.2, -0.15) is 0 Å². The number of piperidine rings is 1. The summed E-state index contributed by atoms with van der Waals surface area (Å²) < 4.78 is 20.1. The van der Waals surface area contributed by atoms with Crippen molar-refractivity contribution in [1.29, 1.82) is 0 Å². The molecule has 2 heterocycles. The first-order chi connectivity index (χ1) is 13.6. The molecule has 1 aromatic rings. The molecule has 8 nitrogen and oxygen atoms in total. The van der Waals surface area contributed by atoms with Gasteiger partial charge in [0.1, 0.15) is 17.5 Å². The summed E-state index contributed by atoms with van der Waals surface area (Å²) >= 11 is 0. The first kappa shape index (κ1) is 20.9. The van der Waals surface area contributed by atoms with Gasteiger partial charge in [-0.25, -0.2) is 9.18 Å². The molecule has 2 fully saturated rings. The Hall–Kier alpha value is -2.84. The predicted octanol–water partition coefficient (Wildman–Crippen LogP) is 2.10. The average molecular weight is 406 g/mol. The molecule has 9 heteroatoms. The van der Waals surface area contributed by atoms with E-state index in [9.17, 15) is 18.8 Å². The van der Waals surface area contributed by atoms with Gasteiger partial charge in [-0.05, 0) is 45.4 Å². The summed E-state index contributed by atoms with van der Waals surface area (Å²) in [5.41, 5.74) is 0.377. The number of nitrogens with zero attached hydrogens (tertiary/aromatic N) is 2. The van der Waals surface area contributed by atoms with Crippen LogP contribution in [0.3, 0.4) is 0 Å². The van der Waals surface area contributed by atoms with E-state index < -0.39 is 23.4 Å². The summed E-state index contributed by atoms with van der Waals surface area (Å²) in [6, 6.07) is 4.16. The first-order valence-corrected chi connectivity index (χ1v) is 9.75. The quantitative estimate of drug-likeness (QED) is 0.747. The molecule has 3 rings (SSSR count). The van der Waals surface area contributed by atoms with Crippen molar-refractivity contribution < 1.29 is 23.5 Å². The van der Waals surface area contributed by atoms with Gasteiger partial charge in [0.2, 0.25) is 11.8 Å². The molecule has 1 atom stereocenters. The highest BCUT2D eigenvalue weighted by atomic mass is 19.1. The van der Waals surface area contributed by atoms with Gasteiger partial charge < -0.3 is 19.9 Å². The molecule has 0 aliphatic carbocycles. The average Bonchev–Trinajstić information content (AvgIpc) is 2.63. The Morgan fingerprint density at radius 1 is 1.21 bits per heavy atom. The number of benzene rings is 1. The number of hydrogen-bond donors (Lipinski definition) is 2. The van der Waals surface area contributed by atoms with Crippen LogP contribution < -0.4 is 15.5 Å². The summed E-state index contributed by atoms with van der Waals surface area (Å²) in [5, 5.41) is 5.24. The number of carbonyl (C=O) groups excluding carboxylic acids is 3. The van der Waals surface area contributed by atoms with E-state index in [4.69, 9.17) is 4.74 Å². The molecule has 0 saturated carbocycles. The van der Waals surface area contributed by atoms with Gasteiger partial charge >= 0.3 is 6.09 Å². The van der Waals surface area contributed by atoms with Gasteiger partial charge in [0, 0.05) is 38.3 Å². The van der Waals surface area contributed by atoms with Gasteiger partial charge in [0.05, 0.1) is 5.69 Å². The van der Waals surface area contributed by atoms with E-state index in [0.29, 0.717) is 44.0 Å². The number of amides is 3. The third-order valence-corrected chi connectivity index (χ3v) is 4.80. The summed E-state index contributed by atoms with van der Waals surface area (Å²) in [4.78, 5) is 38.7. The van der Waals surface area contributed by atoms with Crippen LogP contribution in [-0.2, 0) is 14.3 Å². The maximum Gasteiger partial charge on any atom is 0.410 e. The summed E-state index contributed by atoms with van der Waals surface area (Å²) in [6.45, 7) is 7.35. The minimum absolute atomic E-state index is 0.256. The number of hydrogen-bond acceptors (Lipinski definition) is 6. The summed E-state index contributed by atoms with van der Waals surface area (Å²) in [5.74, 6) is -1.10. The minimum Gasteiger partial charge on any atom is -0.444 e. The van der Waals surface area contributed by atoms with Gasteiger partial charge in [-0.1, -0.05) is 0 Å². The van der Waals surface area contributed by atoms with Crippen molar-refractivity contribution in [2.45, 2.75) is 45.3 Å². The molecular weight excluding hydrogens is 379 g/mol. The Bertz CT molecular complexity index is 800. The molecule has 29 heavy (non-hydrogen) atoms. The molecule has 0 bridgehead atoms. The third kappa shape index (κ3) is 5.36. The number of nitrogens with one attached hydrogen (secondary N) is 2. The number of rotatable bonds is 3. The highest BCUT2D eigenvalue weighted by molar-refractivity contribution is 6.01. The van der Waals surface area contributed by atoms with Crippen molar-refractivity contribution in [3.8, 4) is 0 Å². The predicted molar refractivity (Wildman–Crippen MR) is 106 cm³/mol. The maximum atomic E-state index is 14.7. The van der Waals surface area contributed by atoms with E-state index in [2.05, 4.69) is 10.6 Å². The van der Waals surface area contributed by atoms with E-state index in [1.807, 2.05) is 25.7 Å². The zero-order chi connectivity index (χ0) is 21.2. The lowest BCUT2D eigenvalue weighted by Crippen LogP contribution is -2.50. The SMILES string of the molecule is CC(C)(C)OC(=O)N1CCN(c2ccc(N[C@@H]3CCC(=O)NC3=O)cc2F)CC1. The molecule has 2 saturated heterocycles. The molecule has 0 aromatic heterocycles. The second kappa shape index (κ2) is 8.26. The normalized spacial score (nSPS) is 20.3. The number of imide groups is 1. The van der Waals surface area contributed by atoms with Crippen LogP contribution in [0.1, 0.15) is 33.6 Å². The fraction of sp³-hybridized carbons (Fsp3) is 0.550. The Labute approximate surface area is 169 Å². The summed E-state index contributed by atoms with van der Waals surface area (Å²) in [7, 11) is 0. The van der Waals surface area contributed by atoms with Crippen molar-refractivity contribution >= 4 is 29.3 Å².